The van der Waals surface area contributed by atoms with Gasteiger partial charge in [-0.25, -0.2) is 0 Å². The van der Waals surface area contributed by atoms with Gasteiger partial charge in [0.25, 0.3) is 11.8 Å². The number of benzene rings is 2. The van der Waals surface area contributed by atoms with E-state index in [1.807, 2.05) is 6.92 Å². The average Bonchev–Trinajstić information content (AvgIpc) is 2.89. The van der Waals surface area contributed by atoms with E-state index in [4.69, 9.17) is 46.4 Å². The summed E-state index contributed by atoms with van der Waals surface area (Å²) in [6.45, 7) is 1.95. The molecule has 3 rings (SSSR count). The van der Waals surface area contributed by atoms with Gasteiger partial charge >= 0.3 is 0 Å². The summed E-state index contributed by atoms with van der Waals surface area (Å²) < 4.78 is 0. The summed E-state index contributed by atoms with van der Waals surface area (Å²) >= 11 is 24.0. The van der Waals surface area contributed by atoms with Gasteiger partial charge in [0, 0.05) is 5.02 Å². The predicted octanol–water partition coefficient (Wildman–Crippen LogP) is 6.09. The summed E-state index contributed by atoms with van der Waals surface area (Å²) in [5.41, 5.74) is 0.594. The maximum atomic E-state index is 13.0. The first kappa shape index (κ1) is 21.9. The first-order valence-corrected chi connectivity index (χ1v) is 10.4. The molecule has 0 aromatic heterocycles. The van der Waals surface area contributed by atoms with E-state index in [1.165, 1.54) is 18.2 Å². The number of fused-ring (bicyclic) bond motifs is 1. The Morgan fingerprint density at radius 3 is 2.07 bits per heavy atom. The summed E-state index contributed by atoms with van der Waals surface area (Å²) in [5.74, 6) is -1.68. The molecule has 1 aliphatic heterocycles. The lowest BCUT2D eigenvalue weighted by molar-refractivity contribution is -0.120. The van der Waals surface area contributed by atoms with Crippen LogP contribution in [0.2, 0.25) is 20.1 Å². The smallest absolute Gasteiger partial charge is 0.262 e. The minimum Gasteiger partial charge on any atom is -0.323 e. The molecule has 0 aliphatic carbocycles. The first-order chi connectivity index (χ1) is 13.7. The Labute approximate surface area is 187 Å². The number of carbonyl (C=O) groups excluding carboxylic acids is 3. The molecule has 152 valence electrons. The highest BCUT2D eigenvalue weighted by Crippen LogP contribution is 2.34. The van der Waals surface area contributed by atoms with Crippen molar-refractivity contribution in [3.05, 3.63) is 61.5 Å². The molecule has 1 heterocycles. The molecule has 5 nitrogen and oxygen atoms in total. The first-order valence-electron chi connectivity index (χ1n) is 8.87. The number of unbranched alkanes of at least 4 members (excludes halogenated alkanes) is 1. The van der Waals surface area contributed by atoms with E-state index in [0.717, 1.165) is 11.3 Å². The van der Waals surface area contributed by atoms with Crippen molar-refractivity contribution in [3.63, 3.8) is 0 Å². The van der Waals surface area contributed by atoms with Gasteiger partial charge in [0.2, 0.25) is 5.91 Å². The predicted molar refractivity (Wildman–Crippen MR) is 115 cm³/mol. The molecule has 0 saturated carbocycles. The average molecular weight is 474 g/mol. The number of amides is 3. The fourth-order valence-corrected chi connectivity index (χ4v) is 3.90. The Kier molecular flexibility index (Phi) is 6.74. The monoisotopic (exact) mass is 472 g/mol. The number of hydrogen-bond donors (Lipinski definition) is 1. The molecule has 0 spiro atoms. The lowest BCUT2D eigenvalue weighted by atomic mass is 10.1. The fraction of sp³-hybridized carbons (Fsp3) is 0.250. The summed E-state index contributed by atoms with van der Waals surface area (Å²) in [5, 5.41) is 3.68. The molecule has 2 aromatic carbocycles. The Hall–Kier alpha value is -1.79. The van der Waals surface area contributed by atoms with Crippen molar-refractivity contribution in [2.45, 2.75) is 32.2 Å². The quantitative estimate of drug-likeness (QED) is 0.516. The van der Waals surface area contributed by atoms with Crippen LogP contribution in [0.4, 0.5) is 5.69 Å². The van der Waals surface area contributed by atoms with E-state index in [2.05, 4.69) is 5.32 Å². The maximum Gasteiger partial charge on any atom is 0.262 e. The minimum absolute atomic E-state index is 0.128. The van der Waals surface area contributed by atoms with Gasteiger partial charge in [-0.05, 0) is 36.8 Å². The highest BCUT2D eigenvalue weighted by atomic mass is 35.5. The zero-order valence-electron chi connectivity index (χ0n) is 15.3. The highest BCUT2D eigenvalue weighted by molar-refractivity contribution is 6.43. The Balaban J connectivity index is 1.93. The molecule has 0 saturated heterocycles. The summed E-state index contributed by atoms with van der Waals surface area (Å²) in [6.07, 6.45) is 1.73. The van der Waals surface area contributed by atoms with E-state index in [0.29, 0.717) is 23.6 Å². The highest BCUT2D eigenvalue weighted by Gasteiger charge is 2.43. The number of halogens is 4. The number of rotatable bonds is 6. The Morgan fingerprint density at radius 2 is 1.55 bits per heavy atom. The second-order valence-corrected chi connectivity index (χ2v) is 8.22. The third-order valence-electron chi connectivity index (χ3n) is 4.59. The number of hydrogen-bond acceptors (Lipinski definition) is 3. The van der Waals surface area contributed by atoms with Crippen LogP contribution in [0.3, 0.4) is 0 Å². The molecule has 1 atom stereocenters. The summed E-state index contributed by atoms with van der Waals surface area (Å²) in [6, 6.07) is 6.32. The zero-order valence-corrected chi connectivity index (χ0v) is 18.3. The molecule has 1 N–H and O–H groups in total. The van der Waals surface area contributed by atoms with Gasteiger partial charge in [-0.1, -0.05) is 66.2 Å². The molecule has 0 radical (unpaired) electrons. The van der Waals surface area contributed by atoms with Crippen molar-refractivity contribution in [2.24, 2.45) is 0 Å². The SMILES string of the molecule is CCCC[C@H](C(=O)Nc1ccc(Cl)cc1Cl)N1C(=O)c2cc(Cl)c(Cl)cc2C1=O. The number of carbonyl (C=O) groups is 3. The van der Waals surface area contributed by atoms with Crippen LogP contribution in [0.15, 0.2) is 30.3 Å². The van der Waals surface area contributed by atoms with Crippen LogP contribution in [-0.4, -0.2) is 28.7 Å². The van der Waals surface area contributed by atoms with Crippen molar-refractivity contribution < 1.29 is 14.4 Å². The van der Waals surface area contributed by atoms with Crippen LogP contribution in [-0.2, 0) is 4.79 Å². The molecular formula is C20H16Cl4N2O3. The van der Waals surface area contributed by atoms with Crippen molar-refractivity contribution in [2.75, 3.05) is 5.32 Å². The van der Waals surface area contributed by atoms with Gasteiger partial charge in [-0.3, -0.25) is 19.3 Å². The molecule has 0 unspecified atom stereocenters. The minimum atomic E-state index is -1.01. The number of anilines is 1. The van der Waals surface area contributed by atoms with Gasteiger partial charge in [0.05, 0.1) is 31.9 Å². The van der Waals surface area contributed by atoms with Crippen LogP contribution in [0, 0.1) is 0 Å². The van der Waals surface area contributed by atoms with Crippen LogP contribution in [0.25, 0.3) is 0 Å². The lowest BCUT2D eigenvalue weighted by Gasteiger charge is -2.25. The molecule has 0 bridgehead atoms. The third kappa shape index (κ3) is 4.38. The molecule has 3 amide bonds. The van der Waals surface area contributed by atoms with Crippen LogP contribution < -0.4 is 5.32 Å². The molecule has 2 aromatic rings. The molecule has 9 heteroatoms. The normalized spacial score (nSPS) is 14.2. The largest absolute Gasteiger partial charge is 0.323 e. The van der Waals surface area contributed by atoms with Crippen LogP contribution in [0.1, 0.15) is 46.9 Å². The van der Waals surface area contributed by atoms with Crippen molar-refractivity contribution in [1.29, 1.82) is 0 Å². The molecule has 0 fully saturated rings. The number of nitrogens with one attached hydrogen (secondary N) is 1. The van der Waals surface area contributed by atoms with Crippen molar-refractivity contribution in [3.8, 4) is 0 Å². The fourth-order valence-electron chi connectivity index (χ4n) is 3.12. The topological polar surface area (TPSA) is 66.5 Å². The Morgan fingerprint density at radius 1 is 0.966 bits per heavy atom. The maximum absolute atomic E-state index is 13.0. The van der Waals surface area contributed by atoms with E-state index < -0.39 is 23.8 Å². The molecule has 1 aliphatic rings. The van der Waals surface area contributed by atoms with Crippen molar-refractivity contribution >= 4 is 69.8 Å². The molecule has 29 heavy (non-hydrogen) atoms. The van der Waals surface area contributed by atoms with Crippen molar-refractivity contribution in [1.82, 2.24) is 4.90 Å². The van der Waals surface area contributed by atoms with Gasteiger partial charge in [-0.2, -0.15) is 0 Å². The lowest BCUT2D eigenvalue weighted by Crippen LogP contribution is -2.47. The number of imide groups is 1. The van der Waals surface area contributed by atoms with E-state index in [9.17, 15) is 14.4 Å². The second kappa shape index (κ2) is 8.92. The van der Waals surface area contributed by atoms with Crippen LogP contribution in [0.5, 0.6) is 0 Å². The zero-order chi connectivity index (χ0) is 21.3. The number of nitrogens with zero attached hydrogens (tertiary/aromatic N) is 1. The van der Waals surface area contributed by atoms with Gasteiger partial charge in [-0.15, -0.1) is 0 Å². The Bertz CT molecular complexity index is 968. The van der Waals surface area contributed by atoms with Gasteiger partial charge < -0.3 is 5.32 Å². The third-order valence-corrected chi connectivity index (χ3v) is 5.86. The summed E-state index contributed by atoms with van der Waals surface area (Å²) in [4.78, 5) is 39.8. The van der Waals surface area contributed by atoms with Crippen LogP contribution >= 0.6 is 46.4 Å². The standard InChI is InChI=1S/C20H16Cl4N2O3/c1-2-3-4-17(18(27)25-16-6-5-10(21)7-15(16)24)26-19(28)11-8-13(22)14(23)9-12(11)20(26)29/h5-9,17H,2-4H2,1H3,(H,25,27)/t17-/m1/s1. The van der Waals surface area contributed by atoms with E-state index in [1.54, 1.807) is 12.1 Å². The summed E-state index contributed by atoms with van der Waals surface area (Å²) in [7, 11) is 0. The van der Waals surface area contributed by atoms with Gasteiger partial charge in [0.15, 0.2) is 0 Å². The van der Waals surface area contributed by atoms with E-state index >= 15 is 0 Å². The van der Waals surface area contributed by atoms with Gasteiger partial charge in [0.1, 0.15) is 6.04 Å². The second-order valence-electron chi connectivity index (χ2n) is 6.56. The molecular weight excluding hydrogens is 458 g/mol. The van der Waals surface area contributed by atoms with E-state index in [-0.39, 0.29) is 26.2 Å².